The van der Waals surface area contributed by atoms with Crippen LogP contribution in [0.15, 0.2) is 0 Å². The topological polar surface area (TPSA) is 41.5 Å². The van der Waals surface area contributed by atoms with Gasteiger partial charge < -0.3 is 15.2 Å². The Kier molecular flexibility index (Phi) is 13.8. The summed E-state index contributed by atoms with van der Waals surface area (Å²) in [4.78, 5) is 0. The Balaban J connectivity index is 3.58. The van der Waals surface area contributed by atoms with E-state index in [1.165, 1.54) is 38.5 Å². The molecule has 0 spiro atoms. The van der Waals surface area contributed by atoms with Crippen molar-refractivity contribution in [1.29, 1.82) is 0 Å². The molecule has 3 heteroatoms. The zero-order valence-corrected chi connectivity index (χ0v) is 14.2. The van der Waals surface area contributed by atoms with Crippen LogP contribution >= 0.6 is 0 Å². The second-order valence-corrected chi connectivity index (χ2v) is 5.95. The van der Waals surface area contributed by atoms with Crippen molar-refractivity contribution in [1.82, 2.24) is 5.32 Å². The van der Waals surface area contributed by atoms with Crippen LogP contribution in [0.2, 0.25) is 0 Å². The number of aliphatic hydroxyl groups excluding tert-OH is 1. The number of aliphatic hydroxyl groups is 1. The number of nitrogens with one attached hydrogen (secondary N) is 1. The molecule has 0 saturated carbocycles. The molecule has 0 fully saturated rings. The van der Waals surface area contributed by atoms with Crippen molar-refractivity contribution in [3.63, 3.8) is 0 Å². The molecule has 2 N–H and O–H groups in total. The molecule has 0 aliphatic carbocycles. The summed E-state index contributed by atoms with van der Waals surface area (Å²) in [5, 5.41) is 13.2. The molecule has 0 radical (unpaired) electrons. The summed E-state index contributed by atoms with van der Waals surface area (Å²) in [6.45, 7) is 11.8. The van der Waals surface area contributed by atoms with Crippen LogP contribution in [0.1, 0.15) is 66.2 Å². The van der Waals surface area contributed by atoms with Crippen LogP contribution in [-0.2, 0) is 4.74 Å². The second-order valence-electron chi connectivity index (χ2n) is 5.95. The van der Waals surface area contributed by atoms with Crippen LogP contribution in [0, 0.1) is 11.8 Å². The fourth-order valence-corrected chi connectivity index (χ4v) is 2.36. The van der Waals surface area contributed by atoms with Gasteiger partial charge in [0, 0.05) is 13.2 Å². The average Bonchev–Trinajstić information content (AvgIpc) is 2.47. The van der Waals surface area contributed by atoms with E-state index in [-0.39, 0.29) is 6.10 Å². The molecule has 0 aliphatic rings. The van der Waals surface area contributed by atoms with Gasteiger partial charge in [-0.2, -0.15) is 0 Å². The van der Waals surface area contributed by atoms with Gasteiger partial charge in [0.25, 0.3) is 0 Å². The van der Waals surface area contributed by atoms with Crippen LogP contribution in [0.5, 0.6) is 0 Å². The SMILES string of the molecule is CCCCC(CC)COCC(O)CNCC(CC)CC. The molecule has 20 heavy (non-hydrogen) atoms. The van der Waals surface area contributed by atoms with E-state index in [1.54, 1.807) is 0 Å². The molecule has 0 aromatic carbocycles. The lowest BCUT2D eigenvalue weighted by Gasteiger charge is -2.18. The van der Waals surface area contributed by atoms with E-state index >= 15 is 0 Å². The molecular formula is C17H37NO2. The van der Waals surface area contributed by atoms with Gasteiger partial charge in [-0.1, -0.05) is 59.8 Å². The molecule has 0 saturated heterocycles. The molecule has 0 bridgehead atoms. The predicted molar refractivity (Wildman–Crippen MR) is 87.1 cm³/mol. The summed E-state index contributed by atoms with van der Waals surface area (Å²) >= 11 is 0. The van der Waals surface area contributed by atoms with Crippen molar-refractivity contribution in [3.05, 3.63) is 0 Å². The number of ether oxygens (including phenoxy) is 1. The minimum atomic E-state index is -0.381. The van der Waals surface area contributed by atoms with Gasteiger partial charge in [-0.3, -0.25) is 0 Å². The molecule has 0 aromatic rings. The molecule has 0 heterocycles. The van der Waals surface area contributed by atoms with Gasteiger partial charge in [0.2, 0.25) is 0 Å². The maximum Gasteiger partial charge on any atom is 0.0897 e. The van der Waals surface area contributed by atoms with E-state index in [2.05, 4.69) is 33.0 Å². The summed E-state index contributed by atoms with van der Waals surface area (Å²) in [7, 11) is 0. The third kappa shape index (κ3) is 10.6. The van der Waals surface area contributed by atoms with E-state index in [0.29, 0.717) is 19.1 Å². The molecule has 0 aromatic heterocycles. The first-order chi connectivity index (χ1) is 9.67. The number of hydrogen-bond donors (Lipinski definition) is 2. The molecule has 122 valence electrons. The monoisotopic (exact) mass is 287 g/mol. The highest BCUT2D eigenvalue weighted by atomic mass is 16.5. The molecule has 3 nitrogen and oxygen atoms in total. The van der Waals surface area contributed by atoms with E-state index in [0.717, 1.165) is 19.1 Å². The largest absolute Gasteiger partial charge is 0.389 e. The lowest BCUT2D eigenvalue weighted by molar-refractivity contribution is 0.0190. The molecule has 2 unspecified atom stereocenters. The van der Waals surface area contributed by atoms with Crippen molar-refractivity contribution in [2.75, 3.05) is 26.3 Å². The molecule has 0 rings (SSSR count). The maximum absolute atomic E-state index is 9.88. The fraction of sp³-hybridized carbons (Fsp3) is 1.00. The average molecular weight is 287 g/mol. The minimum absolute atomic E-state index is 0.381. The Morgan fingerprint density at radius 1 is 0.900 bits per heavy atom. The van der Waals surface area contributed by atoms with Crippen LogP contribution in [0.3, 0.4) is 0 Å². The normalized spacial score (nSPS) is 14.7. The summed E-state index contributed by atoms with van der Waals surface area (Å²) in [6, 6.07) is 0. The first kappa shape index (κ1) is 19.9. The summed E-state index contributed by atoms with van der Waals surface area (Å²) in [5.74, 6) is 1.38. The highest BCUT2D eigenvalue weighted by molar-refractivity contribution is 4.63. The predicted octanol–water partition coefficient (Wildman–Crippen LogP) is 3.61. The molecular weight excluding hydrogens is 250 g/mol. The minimum Gasteiger partial charge on any atom is -0.389 e. The van der Waals surface area contributed by atoms with Gasteiger partial charge in [-0.15, -0.1) is 0 Å². The van der Waals surface area contributed by atoms with E-state index in [1.807, 2.05) is 0 Å². The summed E-state index contributed by atoms with van der Waals surface area (Å²) in [5.41, 5.74) is 0. The quantitative estimate of drug-likeness (QED) is 0.513. The number of unbranched alkanes of at least 4 members (excludes halogenated alkanes) is 1. The smallest absolute Gasteiger partial charge is 0.0897 e. The van der Waals surface area contributed by atoms with Gasteiger partial charge in [0.05, 0.1) is 12.7 Å². The van der Waals surface area contributed by atoms with E-state index < -0.39 is 0 Å². The Morgan fingerprint density at radius 2 is 1.55 bits per heavy atom. The standard InChI is InChI=1S/C17H37NO2/c1-5-9-10-16(8-4)13-20-14-17(19)12-18-11-15(6-2)7-3/h15-19H,5-14H2,1-4H3. The molecule has 0 amide bonds. The van der Waals surface area contributed by atoms with Crippen molar-refractivity contribution < 1.29 is 9.84 Å². The third-order valence-corrected chi connectivity index (χ3v) is 4.17. The van der Waals surface area contributed by atoms with Crippen molar-refractivity contribution >= 4 is 0 Å². The number of rotatable bonds is 14. The Bertz CT molecular complexity index is 195. The molecule has 2 atom stereocenters. The first-order valence-electron chi connectivity index (χ1n) is 8.64. The van der Waals surface area contributed by atoms with Gasteiger partial charge in [-0.05, 0) is 24.8 Å². The van der Waals surface area contributed by atoms with Gasteiger partial charge in [0.1, 0.15) is 0 Å². The van der Waals surface area contributed by atoms with Crippen molar-refractivity contribution in [2.24, 2.45) is 11.8 Å². The zero-order chi connectivity index (χ0) is 15.2. The summed E-state index contributed by atoms with van der Waals surface area (Å²) < 4.78 is 5.67. The van der Waals surface area contributed by atoms with Gasteiger partial charge in [-0.25, -0.2) is 0 Å². The van der Waals surface area contributed by atoms with E-state index in [4.69, 9.17) is 4.74 Å². The first-order valence-corrected chi connectivity index (χ1v) is 8.64. The van der Waals surface area contributed by atoms with Crippen LogP contribution in [0.4, 0.5) is 0 Å². The number of hydrogen-bond acceptors (Lipinski definition) is 3. The lowest BCUT2D eigenvalue weighted by Crippen LogP contribution is -2.33. The van der Waals surface area contributed by atoms with Gasteiger partial charge >= 0.3 is 0 Å². The van der Waals surface area contributed by atoms with Gasteiger partial charge in [0.15, 0.2) is 0 Å². The highest BCUT2D eigenvalue weighted by Crippen LogP contribution is 2.12. The third-order valence-electron chi connectivity index (χ3n) is 4.17. The zero-order valence-electron chi connectivity index (χ0n) is 14.2. The Hall–Kier alpha value is -0.120. The lowest BCUT2D eigenvalue weighted by atomic mass is 10.0. The van der Waals surface area contributed by atoms with Crippen LogP contribution in [0.25, 0.3) is 0 Å². The fourth-order valence-electron chi connectivity index (χ4n) is 2.36. The molecule has 0 aliphatic heterocycles. The summed E-state index contributed by atoms with van der Waals surface area (Å²) in [6.07, 6.45) is 6.96. The van der Waals surface area contributed by atoms with Crippen molar-refractivity contribution in [3.8, 4) is 0 Å². The Labute approximate surface area is 126 Å². The van der Waals surface area contributed by atoms with E-state index in [9.17, 15) is 5.11 Å². The maximum atomic E-state index is 9.88. The Morgan fingerprint density at radius 3 is 2.10 bits per heavy atom. The second kappa shape index (κ2) is 13.8. The van der Waals surface area contributed by atoms with Crippen LogP contribution in [-0.4, -0.2) is 37.5 Å². The van der Waals surface area contributed by atoms with Crippen LogP contribution < -0.4 is 5.32 Å². The van der Waals surface area contributed by atoms with Crippen molar-refractivity contribution in [2.45, 2.75) is 72.3 Å². The highest BCUT2D eigenvalue weighted by Gasteiger charge is 2.09.